The number of fused-ring (bicyclic) bond motifs is 2. The van der Waals surface area contributed by atoms with Crippen molar-refractivity contribution in [2.24, 2.45) is 28.6 Å². The molecule has 0 heteroatoms. The molecular formula is C11H18. The molecule has 0 N–H and O–H groups in total. The summed E-state index contributed by atoms with van der Waals surface area (Å²) in [5.41, 5.74) is 1.45. The normalized spacial score (nSPS) is 58.6. The van der Waals surface area contributed by atoms with Crippen LogP contribution in [-0.4, -0.2) is 0 Å². The maximum Gasteiger partial charge on any atom is -0.0181 e. The molecule has 0 aliphatic heterocycles. The zero-order valence-electron chi connectivity index (χ0n) is 7.85. The molecule has 2 atom stereocenters. The zero-order valence-corrected chi connectivity index (χ0v) is 7.85. The fraction of sp³-hybridized carbons (Fsp3) is 1.00. The lowest BCUT2D eigenvalue weighted by Gasteiger charge is -2.42. The van der Waals surface area contributed by atoms with Gasteiger partial charge in [0, 0.05) is 0 Å². The highest BCUT2D eigenvalue weighted by molar-refractivity contribution is 5.33. The average Bonchev–Trinajstić information content (AvgIpc) is 2.72. The van der Waals surface area contributed by atoms with Crippen LogP contribution in [0.4, 0.5) is 0 Å². The van der Waals surface area contributed by atoms with Gasteiger partial charge in [-0.2, -0.15) is 0 Å². The van der Waals surface area contributed by atoms with E-state index < -0.39 is 0 Å². The van der Waals surface area contributed by atoms with Crippen molar-refractivity contribution in [3.05, 3.63) is 0 Å². The van der Waals surface area contributed by atoms with Gasteiger partial charge >= 0.3 is 0 Å². The lowest BCUT2D eigenvalue weighted by Crippen LogP contribution is -2.35. The number of hydrogen-bond acceptors (Lipinski definition) is 0. The van der Waals surface area contributed by atoms with E-state index in [1.165, 1.54) is 24.2 Å². The SMILES string of the molecule is CC(C)(C)C12CCCC3C1C32. The first-order valence-corrected chi connectivity index (χ1v) is 5.09. The monoisotopic (exact) mass is 150 g/mol. The molecule has 0 saturated heterocycles. The largest absolute Gasteiger partial charge is 0.0596 e. The van der Waals surface area contributed by atoms with Gasteiger partial charge in [0.05, 0.1) is 0 Å². The second-order valence-electron chi connectivity index (χ2n) is 5.90. The lowest BCUT2D eigenvalue weighted by atomic mass is 9.62. The molecule has 3 aliphatic carbocycles. The highest BCUT2D eigenvalue weighted by Gasteiger charge is 2.86. The van der Waals surface area contributed by atoms with Crippen molar-refractivity contribution in [2.45, 2.75) is 40.0 Å². The predicted octanol–water partition coefficient (Wildman–Crippen LogP) is 3.08. The molecule has 3 saturated carbocycles. The maximum absolute atomic E-state index is 2.45. The molecule has 3 aliphatic rings. The Balaban J connectivity index is 1.90. The van der Waals surface area contributed by atoms with Gasteiger partial charge in [-0.1, -0.05) is 27.2 Å². The zero-order chi connectivity index (χ0) is 7.85. The smallest absolute Gasteiger partial charge is 0.0181 e. The first-order valence-electron chi connectivity index (χ1n) is 5.09. The molecule has 0 aromatic rings. The van der Waals surface area contributed by atoms with Gasteiger partial charge in [0.2, 0.25) is 0 Å². The van der Waals surface area contributed by atoms with Crippen LogP contribution >= 0.6 is 0 Å². The Morgan fingerprint density at radius 2 is 1.82 bits per heavy atom. The van der Waals surface area contributed by atoms with Gasteiger partial charge in [-0.15, -0.1) is 0 Å². The van der Waals surface area contributed by atoms with Gasteiger partial charge in [-0.05, 0) is 41.4 Å². The van der Waals surface area contributed by atoms with E-state index in [-0.39, 0.29) is 0 Å². The maximum atomic E-state index is 2.45. The van der Waals surface area contributed by atoms with Crippen LogP contribution in [0.15, 0.2) is 0 Å². The third-order valence-corrected chi connectivity index (χ3v) is 4.77. The summed E-state index contributed by atoms with van der Waals surface area (Å²) in [5, 5.41) is 0. The molecular weight excluding hydrogens is 132 g/mol. The van der Waals surface area contributed by atoms with Gasteiger partial charge in [0.15, 0.2) is 0 Å². The van der Waals surface area contributed by atoms with Crippen LogP contribution in [0.3, 0.4) is 0 Å². The Labute approximate surface area is 69.4 Å². The summed E-state index contributed by atoms with van der Waals surface area (Å²) >= 11 is 0. The second-order valence-corrected chi connectivity index (χ2v) is 5.90. The van der Waals surface area contributed by atoms with Crippen LogP contribution in [-0.2, 0) is 0 Å². The van der Waals surface area contributed by atoms with Crippen LogP contribution in [0.1, 0.15) is 40.0 Å². The molecule has 11 heavy (non-hydrogen) atoms. The Bertz CT molecular complexity index is 199. The Morgan fingerprint density at radius 1 is 1.18 bits per heavy atom. The van der Waals surface area contributed by atoms with Crippen molar-refractivity contribution < 1.29 is 0 Å². The quantitative estimate of drug-likeness (QED) is 0.498. The molecule has 3 rings (SSSR count). The minimum Gasteiger partial charge on any atom is -0.0596 e. The summed E-state index contributed by atoms with van der Waals surface area (Å²) in [6.07, 6.45) is 4.63. The topological polar surface area (TPSA) is 0 Å². The summed E-state index contributed by atoms with van der Waals surface area (Å²) in [7, 11) is 0. The molecule has 3 fully saturated rings. The van der Waals surface area contributed by atoms with Crippen LogP contribution in [0.25, 0.3) is 0 Å². The summed E-state index contributed by atoms with van der Waals surface area (Å²) in [4.78, 5) is 0. The highest BCUT2D eigenvalue weighted by Crippen LogP contribution is 2.91. The summed E-state index contributed by atoms with van der Waals surface area (Å²) in [6.45, 7) is 7.34. The van der Waals surface area contributed by atoms with Crippen molar-refractivity contribution in [1.29, 1.82) is 0 Å². The van der Waals surface area contributed by atoms with E-state index in [0.717, 1.165) is 5.41 Å². The molecule has 0 amide bonds. The van der Waals surface area contributed by atoms with E-state index in [9.17, 15) is 0 Å². The number of hydrogen-bond donors (Lipinski definition) is 0. The van der Waals surface area contributed by atoms with E-state index in [1.54, 1.807) is 12.8 Å². The lowest BCUT2D eigenvalue weighted by molar-refractivity contribution is 0.0648. The molecule has 62 valence electrons. The molecule has 0 radical (unpaired) electrons. The van der Waals surface area contributed by atoms with Crippen molar-refractivity contribution in [3.8, 4) is 0 Å². The fourth-order valence-corrected chi connectivity index (χ4v) is 4.22. The standard InChI is InChI=1S/C11H18/c1-10(2,3)11-6-4-5-7-8(11)9(7)11/h7-9H,4-6H2,1-3H3. The fourth-order valence-electron chi connectivity index (χ4n) is 4.22. The van der Waals surface area contributed by atoms with Gasteiger partial charge in [0.1, 0.15) is 0 Å². The van der Waals surface area contributed by atoms with Gasteiger partial charge in [-0.3, -0.25) is 0 Å². The first-order chi connectivity index (χ1) is 5.09. The minimum absolute atomic E-state index is 0.610. The third kappa shape index (κ3) is 0.494. The van der Waals surface area contributed by atoms with Crippen LogP contribution < -0.4 is 0 Å². The average molecular weight is 150 g/mol. The Kier molecular flexibility index (Phi) is 0.832. The molecule has 0 aromatic carbocycles. The molecule has 0 aromatic heterocycles. The van der Waals surface area contributed by atoms with E-state index in [0.29, 0.717) is 5.41 Å². The summed E-state index contributed by atoms with van der Waals surface area (Å²) in [6, 6.07) is 0. The van der Waals surface area contributed by atoms with Crippen molar-refractivity contribution in [2.75, 3.05) is 0 Å². The van der Waals surface area contributed by atoms with E-state index >= 15 is 0 Å². The summed E-state index contributed by atoms with van der Waals surface area (Å²) in [5.74, 6) is 3.58. The van der Waals surface area contributed by atoms with Crippen molar-refractivity contribution in [1.82, 2.24) is 0 Å². The Hall–Kier alpha value is 0. The van der Waals surface area contributed by atoms with Crippen LogP contribution in [0.5, 0.6) is 0 Å². The predicted molar refractivity (Wildman–Crippen MR) is 46.2 cm³/mol. The second kappa shape index (κ2) is 1.41. The van der Waals surface area contributed by atoms with E-state index in [2.05, 4.69) is 20.8 Å². The third-order valence-electron chi connectivity index (χ3n) is 4.77. The van der Waals surface area contributed by atoms with E-state index in [4.69, 9.17) is 0 Å². The van der Waals surface area contributed by atoms with Crippen LogP contribution in [0, 0.1) is 28.6 Å². The molecule has 0 nitrogen and oxygen atoms in total. The highest BCUT2D eigenvalue weighted by atomic mass is 14.9. The molecule has 2 unspecified atom stereocenters. The summed E-state index contributed by atoms with van der Waals surface area (Å²) < 4.78 is 0. The van der Waals surface area contributed by atoms with Crippen LogP contribution in [0.2, 0.25) is 0 Å². The van der Waals surface area contributed by atoms with Gasteiger partial charge in [0.25, 0.3) is 0 Å². The Morgan fingerprint density at radius 3 is 2.18 bits per heavy atom. The molecule has 0 spiro atoms. The van der Waals surface area contributed by atoms with Gasteiger partial charge in [-0.25, -0.2) is 0 Å². The minimum atomic E-state index is 0.610. The van der Waals surface area contributed by atoms with Gasteiger partial charge < -0.3 is 0 Å². The first kappa shape index (κ1) is 6.51. The van der Waals surface area contributed by atoms with Crippen molar-refractivity contribution >= 4 is 0 Å². The molecule has 0 heterocycles. The van der Waals surface area contributed by atoms with E-state index in [1.807, 2.05) is 0 Å². The number of rotatable bonds is 0. The van der Waals surface area contributed by atoms with Crippen molar-refractivity contribution in [3.63, 3.8) is 0 Å². The molecule has 0 bridgehead atoms.